The number of nitrogens with zero attached hydrogens (tertiary/aromatic N) is 1. The van der Waals surface area contributed by atoms with Gasteiger partial charge in [0.25, 0.3) is 0 Å². The van der Waals surface area contributed by atoms with Gasteiger partial charge in [-0.3, -0.25) is 0 Å². The summed E-state index contributed by atoms with van der Waals surface area (Å²) in [6.45, 7) is 0.00679. The molecule has 4 heteroatoms. The van der Waals surface area contributed by atoms with Gasteiger partial charge in [0.2, 0.25) is 5.89 Å². The molecule has 0 fully saturated rings. The molecule has 3 aromatic rings. The molecule has 0 bridgehead atoms. The number of oxazole rings is 1. The van der Waals surface area contributed by atoms with Gasteiger partial charge in [-0.2, -0.15) is 0 Å². The van der Waals surface area contributed by atoms with Gasteiger partial charge >= 0.3 is 0 Å². The van der Waals surface area contributed by atoms with E-state index in [2.05, 4.69) is 4.98 Å². The molecular formula is C16H12ClNO2. The molecule has 1 aromatic heterocycles. The first kappa shape index (κ1) is 12.9. The maximum absolute atomic E-state index is 9.16. The van der Waals surface area contributed by atoms with Crippen molar-refractivity contribution in [2.24, 2.45) is 0 Å². The van der Waals surface area contributed by atoms with E-state index in [9.17, 15) is 0 Å². The smallest absolute Gasteiger partial charge is 0.226 e. The molecule has 0 spiro atoms. The van der Waals surface area contributed by atoms with Crippen molar-refractivity contribution in [2.45, 2.75) is 6.61 Å². The van der Waals surface area contributed by atoms with E-state index in [0.29, 0.717) is 10.9 Å². The normalized spacial score (nSPS) is 10.7. The second-order valence-corrected chi connectivity index (χ2v) is 4.84. The fourth-order valence-corrected chi connectivity index (χ4v) is 2.18. The molecule has 0 aliphatic heterocycles. The average molecular weight is 286 g/mol. The van der Waals surface area contributed by atoms with Gasteiger partial charge in [-0.05, 0) is 29.8 Å². The van der Waals surface area contributed by atoms with E-state index < -0.39 is 0 Å². The van der Waals surface area contributed by atoms with Crippen LogP contribution in [-0.4, -0.2) is 10.1 Å². The van der Waals surface area contributed by atoms with Crippen molar-refractivity contribution in [3.8, 4) is 22.7 Å². The second-order valence-electron chi connectivity index (χ2n) is 4.41. The number of hydrogen-bond donors (Lipinski definition) is 1. The molecule has 1 N–H and O–H groups in total. The molecule has 0 saturated carbocycles. The van der Waals surface area contributed by atoms with E-state index in [1.165, 1.54) is 0 Å². The standard InChI is InChI=1S/C16H12ClNO2/c17-14-6-2-5-13(8-14)16-18-15(10-20-16)12-4-1-3-11(7-12)9-19/h1-8,10,19H,9H2. The molecular weight excluding hydrogens is 274 g/mol. The molecule has 0 unspecified atom stereocenters. The molecule has 0 amide bonds. The predicted octanol–water partition coefficient (Wildman–Crippen LogP) is 4.15. The third-order valence-corrected chi connectivity index (χ3v) is 3.22. The molecule has 3 nitrogen and oxygen atoms in total. The van der Waals surface area contributed by atoms with Crippen LogP contribution in [0.5, 0.6) is 0 Å². The molecule has 1 heterocycles. The second kappa shape index (κ2) is 5.49. The zero-order valence-electron chi connectivity index (χ0n) is 10.6. The summed E-state index contributed by atoms with van der Waals surface area (Å²) in [7, 11) is 0. The highest BCUT2D eigenvalue weighted by atomic mass is 35.5. The Morgan fingerprint density at radius 3 is 2.65 bits per heavy atom. The van der Waals surface area contributed by atoms with E-state index in [-0.39, 0.29) is 6.61 Å². The third-order valence-electron chi connectivity index (χ3n) is 2.98. The molecule has 0 saturated heterocycles. The van der Waals surface area contributed by atoms with Gasteiger partial charge in [0.05, 0.1) is 6.61 Å². The number of hydrogen-bond acceptors (Lipinski definition) is 3. The summed E-state index contributed by atoms with van der Waals surface area (Å²) in [4.78, 5) is 4.46. The minimum Gasteiger partial charge on any atom is -0.444 e. The lowest BCUT2D eigenvalue weighted by molar-refractivity contribution is 0.282. The van der Waals surface area contributed by atoms with Crippen LogP contribution in [0.15, 0.2) is 59.2 Å². The molecule has 0 radical (unpaired) electrons. The van der Waals surface area contributed by atoms with Crippen molar-refractivity contribution in [2.75, 3.05) is 0 Å². The fourth-order valence-electron chi connectivity index (χ4n) is 1.99. The lowest BCUT2D eigenvalue weighted by Crippen LogP contribution is -1.85. The van der Waals surface area contributed by atoms with E-state index >= 15 is 0 Å². The highest BCUT2D eigenvalue weighted by Gasteiger charge is 2.09. The Labute approximate surface area is 121 Å². The first-order chi connectivity index (χ1) is 9.76. The van der Waals surface area contributed by atoms with Crippen LogP contribution in [-0.2, 0) is 6.61 Å². The van der Waals surface area contributed by atoms with E-state index in [1.54, 1.807) is 18.4 Å². The van der Waals surface area contributed by atoms with Gasteiger partial charge in [0, 0.05) is 16.1 Å². The molecule has 0 aliphatic carbocycles. The summed E-state index contributed by atoms with van der Waals surface area (Å²) >= 11 is 5.96. The van der Waals surface area contributed by atoms with Crippen LogP contribution in [0.1, 0.15) is 5.56 Å². The van der Waals surface area contributed by atoms with E-state index in [4.69, 9.17) is 21.1 Å². The van der Waals surface area contributed by atoms with Gasteiger partial charge < -0.3 is 9.52 Å². The van der Waals surface area contributed by atoms with Crippen molar-refractivity contribution in [1.29, 1.82) is 0 Å². The maximum atomic E-state index is 9.16. The Kier molecular flexibility index (Phi) is 3.54. The number of rotatable bonds is 3. The highest BCUT2D eigenvalue weighted by molar-refractivity contribution is 6.30. The molecule has 0 aliphatic rings. The van der Waals surface area contributed by atoms with Crippen LogP contribution in [0.2, 0.25) is 5.02 Å². The Hall–Kier alpha value is -2.10. The van der Waals surface area contributed by atoms with Gasteiger partial charge in [-0.25, -0.2) is 4.98 Å². The van der Waals surface area contributed by atoms with Gasteiger partial charge in [0.15, 0.2) is 0 Å². The van der Waals surface area contributed by atoms with Crippen molar-refractivity contribution < 1.29 is 9.52 Å². The lowest BCUT2D eigenvalue weighted by Gasteiger charge is -1.99. The monoisotopic (exact) mass is 285 g/mol. The van der Waals surface area contributed by atoms with Gasteiger partial charge in [0.1, 0.15) is 12.0 Å². The maximum Gasteiger partial charge on any atom is 0.226 e. The van der Waals surface area contributed by atoms with Crippen LogP contribution in [0.3, 0.4) is 0 Å². The number of aliphatic hydroxyl groups is 1. The minimum atomic E-state index is 0.00679. The van der Waals surface area contributed by atoms with Gasteiger partial charge in [-0.1, -0.05) is 35.9 Å². The number of aliphatic hydroxyl groups excluding tert-OH is 1. The Bertz CT molecular complexity index is 737. The van der Waals surface area contributed by atoms with Crippen molar-refractivity contribution in [1.82, 2.24) is 4.98 Å². The molecule has 2 aromatic carbocycles. The average Bonchev–Trinajstić information content (AvgIpc) is 2.97. The number of benzene rings is 2. The molecule has 100 valence electrons. The van der Waals surface area contributed by atoms with E-state index in [1.807, 2.05) is 36.4 Å². The SMILES string of the molecule is OCc1cccc(-c2coc(-c3cccc(Cl)c3)n2)c1. The summed E-state index contributed by atoms with van der Waals surface area (Å²) in [5.41, 5.74) is 3.32. The van der Waals surface area contributed by atoms with Crippen molar-refractivity contribution in [3.63, 3.8) is 0 Å². The van der Waals surface area contributed by atoms with Crippen molar-refractivity contribution >= 4 is 11.6 Å². The minimum absolute atomic E-state index is 0.00679. The Balaban J connectivity index is 1.97. The van der Waals surface area contributed by atoms with Crippen LogP contribution < -0.4 is 0 Å². The molecule has 20 heavy (non-hydrogen) atoms. The predicted molar refractivity (Wildman–Crippen MR) is 78.3 cm³/mol. The highest BCUT2D eigenvalue weighted by Crippen LogP contribution is 2.26. The largest absolute Gasteiger partial charge is 0.444 e. The van der Waals surface area contributed by atoms with Crippen LogP contribution >= 0.6 is 11.6 Å². The van der Waals surface area contributed by atoms with E-state index in [0.717, 1.165) is 22.4 Å². The van der Waals surface area contributed by atoms with Gasteiger partial charge in [-0.15, -0.1) is 0 Å². The van der Waals surface area contributed by atoms with Crippen LogP contribution in [0, 0.1) is 0 Å². The number of aromatic nitrogens is 1. The fraction of sp³-hybridized carbons (Fsp3) is 0.0625. The molecule has 3 rings (SSSR count). The zero-order valence-corrected chi connectivity index (χ0v) is 11.3. The number of halogens is 1. The quantitative estimate of drug-likeness (QED) is 0.786. The summed E-state index contributed by atoms with van der Waals surface area (Å²) in [6, 6.07) is 14.9. The van der Waals surface area contributed by atoms with Crippen molar-refractivity contribution in [3.05, 3.63) is 65.4 Å². The summed E-state index contributed by atoms with van der Waals surface area (Å²) in [5, 5.41) is 9.81. The van der Waals surface area contributed by atoms with Crippen LogP contribution in [0.4, 0.5) is 0 Å². The summed E-state index contributed by atoms with van der Waals surface area (Å²) < 4.78 is 5.50. The molecule has 0 atom stereocenters. The first-order valence-corrected chi connectivity index (χ1v) is 6.56. The zero-order chi connectivity index (χ0) is 13.9. The summed E-state index contributed by atoms with van der Waals surface area (Å²) in [6.07, 6.45) is 1.60. The Morgan fingerprint density at radius 1 is 1.05 bits per heavy atom. The lowest BCUT2D eigenvalue weighted by atomic mass is 10.1. The third kappa shape index (κ3) is 2.59. The van der Waals surface area contributed by atoms with Crippen LogP contribution in [0.25, 0.3) is 22.7 Å². The first-order valence-electron chi connectivity index (χ1n) is 6.18. The topological polar surface area (TPSA) is 46.3 Å². The Morgan fingerprint density at radius 2 is 1.85 bits per heavy atom. The summed E-state index contributed by atoms with van der Waals surface area (Å²) in [5.74, 6) is 0.525.